The van der Waals surface area contributed by atoms with E-state index in [1.165, 1.54) is 31.2 Å². The number of nitrogens with zero attached hydrogens (tertiary/aromatic N) is 2. The first-order valence-electron chi connectivity index (χ1n) is 7.16. The van der Waals surface area contributed by atoms with Crippen molar-refractivity contribution < 1.29 is 18.9 Å². The number of aromatic nitrogens is 1. The van der Waals surface area contributed by atoms with Crippen LogP contribution in [0.4, 0.5) is 17.4 Å². The molecule has 2 aromatic carbocycles. The van der Waals surface area contributed by atoms with E-state index >= 15 is 0 Å². The first kappa shape index (κ1) is 16.1. The second-order valence-electron chi connectivity index (χ2n) is 5.14. The number of carbonyl (C=O) groups is 2. The Morgan fingerprint density at radius 1 is 1.12 bits per heavy atom. The predicted octanol–water partition coefficient (Wildman–Crippen LogP) is 2.95. The number of hydrogen-bond donors (Lipinski definition) is 2. The molecule has 0 bridgehead atoms. The summed E-state index contributed by atoms with van der Waals surface area (Å²) in [5.74, 6) is -0.728. The highest BCUT2D eigenvalue weighted by atomic mass is 16.6. The highest BCUT2D eigenvalue weighted by Crippen LogP contribution is 2.23. The molecule has 9 heteroatoms. The van der Waals surface area contributed by atoms with Crippen LogP contribution in [0.3, 0.4) is 0 Å². The topological polar surface area (TPSA) is 127 Å². The van der Waals surface area contributed by atoms with Gasteiger partial charge in [0.05, 0.1) is 4.92 Å². The minimum absolute atomic E-state index is 0.0154. The molecule has 3 rings (SSSR count). The average Bonchev–Trinajstić information content (AvgIpc) is 2.95. The summed E-state index contributed by atoms with van der Waals surface area (Å²) >= 11 is 0. The molecular formula is C16H12N4O5. The number of non-ortho nitro benzene ring substituents is 1. The smallest absolute Gasteiger partial charge is 0.302 e. The van der Waals surface area contributed by atoms with Gasteiger partial charge >= 0.3 is 6.01 Å². The predicted molar refractivity (Wildman–Crippen MR) is 89.4 cm³/mol. The monoisotopic (exact) mass is 340 g/mol. The van der Waals surface area contributed by atoms with E-state index in [9.17, 15) is 19.7 Å². The quantitative estimate of drug-likeness (QED) is 0.555. The van der Waals surface area contributed by atoms with Crippen molar-refractivity contribution in [2.45, 2.75) is 6.92 Å². The Hall–Kier alpha value is -3.75. The SMILES string of the molecule is CC(=O)Nc1ccc2nc(NC(=O)c3ccc([N+](=O)[O-])cc3)oc2c1. The van der Waals surface area contributed by atoms with Crippen LogP contribution in [0.5, 0.6) is 0 Å². The van der Waals surface area contributed by atoms with Crippen LogP contribution in [0.1, 0.15) is 17.3 Å². The molecule has 0 aliphatic heterocycles. The van der Waals surface area contributed by atoms with E-state index < -0.39 is 10.8 Å². The zero-order chi connectivity index (χ0) is 18.0. The van der Waals surface area contributed by atoms with Gasteiger partial charge in [0.15, 0.2) is 5.58 Å². The van der Waals surface area contributed by atoms with Gasteiger partial charge in [0, 0.05) is 36.4 Å². The zero-order valence-corrected chi connectivity index (χ0v) is 13.0. The number of benzene rings is 2. The molecule has 2 amide bonds. The second kappa shape index (κ2) is 6.40. The van der Waals surface area contributed by atoms with Crippen molar-refractivity contribution in [2.24, 2.45) is 0 Å². The fraction of sp³-hybridized carbons (Fsp3) is 0.0625. The summed E-state index contributed by atoms with van der Waals surface area (Å²) in [7, 11) is 0. The number of nitrogens with one attached hydrogen (secondary N) is 2. The maximum atomic E-state index is 12.1. The van der Waals surface area contributed by atoms with E-state index in [-0.39, 0.29) is 23.2 Å². The molecule has 1 aromatic heterocycles. The van der Waals surface area contributed by atoms with Crippen LogP contribution in [0.15, 0.2) is 46.9 Å². The van der Waals surface area contributed by atoms with Gasteiger partial charge in [-0.3, -0.25) is 25.0 Å². The molecule has 0 fully saturated rings. The van der Waals surface area contributed by atoms with Crippen molar-refractivity contribution in [3.63, 3.8) is 0 Å². The number of hydrogen-bond acceptors (Lipinski definition) is 6. The third kappa shape index (κ3) is 3.61. The summed E-state index contributed by atoms with van der Waals surface area (Å²) in [6.07, 6.45) is 0. The maximum Gasteiger partial charge on any atom is 0.302 e. The van der Waals surface area contributed by atoms with Gasteiger partial charge in [0.2, 0.25) is 5.91 Å². The summed E-state index contributed by atoms with van der Waals surface area (Å²) in [4.78, 5) is 37.4. The lowest BCUT2D eigenvalue weighted by Crippen LogP contribution is -2.11. The zero-order valence-electron chi connectivity index (χ0n) is 13.0. The highest BCUT2D eigenvalue weighted by molar-refractivity contribution is 6.03. The molecule has 0 aliphatic carbocycles. The normalized spacial score (nSPS) is 10.4. The van der Waals surface area contributed by atoms with E-state index in [0.29, 0.717) is 16.8 Å². The Morgan fingerprint density at radius 2 is 1.84 bits per heavy atom. The van der Waals surface area contributed by atoms with Gasteiger partial charge in [-0.2, -0.15) is 4.98 Å². The number of fused-ring (bicyclic) bond motifs is 1. The fourth-order valence-corrected chi connectivity index (χ4v) is 2.16. The molecule has 0 radical (unpaired) electrons. The van der Waals surface area contributed by atoms with Gasteiger partial charge < -0.3 is 9.73 Å². The standard InChI is InChI=1S/C16H12N4O5/c1-9(21)17-11-4-7-13-14(8-11)25-16(18-13)19-15(22)10-2-5-12(6-3-10)20(23)24/h2-8H,1H3,(H,17,21)(H,18,19,22). The van der Waals surface area contributed by atoms with Gasteiger partial charge in [-0.1, -0.05) is 0 Å². The van der Waals surface area contributed by atoms with E-state index in [0.717, 1.165) is 0 Å². The molecule has 0 saturated heterocycles. The van der Waals surface area contributed by atoms with Gasteiger partial charge in [-0.25, -0.2) is 0 Å². The Labute approximate surface area is 140 Å². The summed E-state index contributed by atoms with van der Waals surface area (Å²) in [5.41, 5.74) is 1.57. The third-order valence-electron chi connectivity index (χ3n) is 3.27. The van der Waals surface area contributed by atoms with Gasteiger partial charge in [-0.15, -0.1) is 0 Å². The van der Waals surface area contributed by atoms with Crippen molar-refractivity contribution in [1.29, 1.82) is 0 Å². The molecule has 126 valence electrons. The number of anilines is 2. The number of nitro groups is 1. The van der Waals surface area contributed by atoms with E-state index in [1.807, 2.05) is 0 Å². The molecule has 0 unspecified atom stereocenters. The molecule has 0 saturated carbocycles. The summed E-state index contributed by atoms with van der Waals surface area (Å²) in [5, 5.41) is 15.7. The van der Waals surface area contributed by atoms with Crippen molar-refractivity contribution in [2.75, 3.05) is 10.6 Å². The molecule has 0 atom stereocenters. The van der Waals surface area contributed by atoms with Crippen molar-refractivity contribution in [3.05, 3.63) is 58.1 Å². The molecule has 0 aliphatic rings. The van der Waals surface area contributed by atoms with Gasteiger partial charge in [0.25, 0.3) is 11.6 Å². The largest absolute Gasteiger partial charge is 0.423 e. The van der Waals surface area contributed by atoms with E-state index in [4.69, 9.17) is 4.42 Å². The lowest BCUT2D eigenvalue weighted by atomic mass is 10.2. The summed E-state index contributed by atoms with van der Waals surface area (Å²) < 4.78 is 5.44. The lowest BCUT2D eigenvalue weighted by Gasteiger charge is -2.00. The van der Waals surface area contributed by atoms with Crippen LogP contribution in [0.2, 0.25) is 0 Å². The van der Waals surface area contributed by atoms with Crippen LogP contribution in [0.25, 0.3) is 11.1 Å². The van der Waals surface area contributed by atoms with Gasteiger partial charge in [-0.05, 0) is 24.3 Å². The van der Waals surface area contributed by atoms with Crippen LogP contribution in [-0.4, -0.2) is 21.7 Å². The van der Waals surface area contributed by atoms with Crippen LogP contribution >= 0.6 is 0 Å². The van der Waals surface area contributed by atoms with Gasteiger partial charge in [0.1, 0.15) is 5.52 Å². The molecule has 3 aromatic rings. The maximum absolute atomic E-state index is 12.1. The number of nitro benzene ring substituents is 1. The van der Waals surface area contributed by atoms with Crippen LogP contribution < -0.4 is 10.6 Å². The minimum atomic E-state index is -0.546. The number of carbonyl (C=O) groups excluding carboxylic acids is 2. The number of amides is 2. The average molecular weight is 340 g/mol. The molecule has 25 heavy (non-hydrogen) atoms. The van der Waals surface area contributed by atoms with E-state index in [1.54, 1.807) is 18.2 Å². The van der Waals surface area contributed by atoms with Crippen molar-refractivity contribution in [1.82, 2.24) is 4.98 Å². The Balaban J connectivity index is 1.78. The Bertz CT molecular complexity index is 978. The minimum Gasteiger partial charge on any atom is -0.423 e. The Kier molecular flexibility index (Phi) is 4.12. The first-order valence-corrected chi connectivity index (χ1v) is 7.16. The molecule has 0 spiro atoms. The van der Waals surface area contributed by atoms with Crippen LogP contribution in [-0.2, 0) is 4.79 Å². The Morgan fingerprint density at radius 3 is 2.48 bits per heavy atom. The van der Waals surface area contributed by atoms with E-state index in [2.05, 4.69) is 15.6 Å². The first-order chi connectivity index (χ1) is 11.9. The summed E-state index contributed by atoms with van der Waals surface area (Å²) in [6.45, 7) is 1.39. The van der Waals surface area contributed by atoms with Crippen molar-refractivity contribution in [3.8, 4) is 0 Å². The second-order valence-corrected chi connectivity index (χ2v) is 5.14. The molecule has 1 heterocycles. The molecule has 9 nitrogen and oxygen atoms in total. The third-order valence-corrected chi connectivity index (χ3v) is 3.27. The van der Waals surface area contributed by atoms with Crippen LogP contribution in [0, 0.1) is 10.1 Å². The number of oxazole rings is 1. The lowest BCUT2D eigenvalue weighted by molar-refractivity contribution is -0.384. The number of rotatable bonds is 4. The summed E-state index contributed by atoms with van der Waals surface area (Å²) in [6, 6.07) is 10.0. The highest BCUT2D eigenvalue weighted by Gasteiger charge is 2.13. The van der Waals surface area contributed by atoms with Crippen molar-refractivity contribution >= 4 is 40.3 Å². The molecular weight excluding hydrogens is 328 g/mol. The fourth-order valence-electron chi connectivity index (χ4n) is 2.16. The molecule has 2 N–H and O–H groups in total.